The lowest BCUT2D eigenvalue weighted by Crippen LogP contribution is -2.19. The number of carbonyl (C=O) groups excluding carboxylic acids is 1. The van der Waals surface area contributed by atoms with Gasteiger partial charge in [-0.1, -0.05) is 6.42 Å². The van der Waals surface area contributed by atoms with Crippen molar-refractivity contribution in [3.63, 3.8) is 0 Å². The number of hydrogen-bond acceptors (Lipinski definition) is 5. The van der Waals surface area contributed by atoms with Gasteiger partial charge in [-0.2, -0.15) is 5.10 Å². The first kappa shape index (κ1) is 12.8. The number of aliphatic carboxylic acids is 1. The molecular weight excluding hydrogens is 254 g/mol. The van der Waals surface area contributed by atoms with Crippen LogP contribution in [0.3, 0.4) is 0 Å². The van der Waals surface area contributed by atoms with E-state index in [9.17, 15) is 9.59 Å². The Balaban J connectivity index is 2.03. The second kappa shape index (κ2) is 5.81. The maximum absolute atomic E-state index is 11.4. The number of nitrogens with one attached hydrogen (secondary N) is 1. The highest BCUT2D eigenvalue weighted by Crippen LogP contribution is 2.23. The van der Waals surface area contributed by atoms with Crippen molar-refractivity contribution in [1.29, 1.82) is 0 Å². The second-order valence-electron chi connectivity index (χ2n) is 4.04. The average molecular weight is 267 g/mol. The van der Waals surface area contributed by atoms with Crippen molar-refractivity contribution in [2.24, 2.45) is 10.2 Å². The Morgan fingerprint density at radius 3 is 2.67 bits per heavy atom. The van der Waals surface area contributed by atoms with E-state index in [-0.39, 0.29) is 4.91 Å². The van der Waals surface area contributed by atoms with E-state index >= 15 is 0 Å². The molecule has 2 aliphatic rings. The molecule has 0 spiro atoms. The van der Waals surface area contributed by atoms with E-state index in [1.54, 1.807) is 0 Å². The first-order valence-corrected chi connectivity index (χ1v) is 6.54. The zero-order valence-electron chi connectivity index (χ0n) is 9.68. The highest BCUT2D eigenvalue weighted by molar-refractivity contribution is 8.18. The van der Waals surface area contributed by atoms with Crippen LogP contribution in [0.15, 0.2) is 21.2 Å². The van der Waals surface area contributed by atoms with Gasteiger partial charge in [0.1, 0.15) is 0 Å². The molecule has 1 aliphatic heterocycles. The van der Waals surface area contributed by atoms with Gasteiger partial charge in [0.25, 0.3) is 5.91 Å². The second-order valence-corrected chi connectivity index (χ2v) is 5.07. The van der Waals surface area contributed by atoms with Crippen LogP contribution in [0.1, 0.15) is 32.1 Å². The van der Waals surface area contributed by atoms with Gasteiger partial charge in [-0.25, -0.2) is 4.79 Å². The molecule has 2 fully saturated rings. The summed E-state index contributed by atoms with van der Waals surface area (Å²) in [5.41, 5.74) is 1.04. The van der Waals surface area contributed by atoms with Crippen molar-refractivity contribution in [2.45, 2.75) is 32.1 Å². The molecule has 2 N–H and O–H groups in total. The third-order valence-electron chi connectivity index (χ3n) is 2.62. The molecule has 0 radical (unpaired) electrons. The molecule has 0 bridgehead atoms. The summed E-state index contributed by atoms with van der Waals surface area (Å²) >= 11 is 0.998. The minimum absolute atomic E-state index is 0.130. The summed E-state index contributed by atoms with van der Waals surface area (Å²) in [5.74, 6) is -1.59. The summed E-state index contributed by atoms with van der Waals surface area (Å²) in [6.45, 7) is 0. The van der Waals surface area contributed by atoms with E-state index in [4.69, 9.17) is 5.11 Å². The number of carboxylic acids is 1. The van der Waals surface area contributed by atoms with E-state index in [1.165, 1.54) is 6.42 Å². The minimum Gasteiger partial charge on any atom is -0.478 e. The van der Waals surface area contributed by atoms with Crippen LogP contribution in [-0.4, -0.2) is 27.9 Å². The number of carboxylic acid groups (broad SMARTS) is 1. The molecule has 96 valence electrons. The summed E-state index contributed by atoms with van der Waals surface area (Å²) in [5, 5.41) is 19.5. The standard InChI is InChI=1S/C11H13N3O3S/c15-9(16)6-8-10(17)12-11(18-8)14-13-7-4-2-1-3-5-7/h6H,1-5H2,(H,15,16)(H,12,14,17)/b8-6-. The predicted molar refractivity (Wildman–Crippen MR) is 69.4 cm³/mol. The molecule has 2 rings (SSSR count). The predicted octanol–water partition coefficient (Wildman–Crippen LogP) is 1.49. The van der Waals surface area contributed by atoms with Gasteiger partial charge in [-0.3, -0.25) is 10.1 Å². The zero-order valence-corrected chi connectivity index (χ0v) is 10.5. The molecule has 1 amide bonds. The van der Waals surface area contributed by atoms with Crippen LogP contribution < -0.4 is 5.32 Å². The fourth-order valence-electron chi connectivity index (χ4n) is 1.76. The fraction of sp³-hybridized carbons (Fsp3) is 0.455. The monoisotopic (exact) mass is 267 g/mol. The number of carbonyl (C=O) groups is 2. The highest BCUT2D eigenvalue weighted by Gasteiger charge is 2.24. The maximum atomic E-state index is 11.4. The molecule has 0 aromatic carbocycles. The number of rotatable bonds is 2. The van der Waals surface area contributed by atoms with Gasteiger partial charge in [0.05, 0.1) is 4.91 Å². The summed E-state index contributed by atoms with van der Waals surface area (Å²) in [4.78, 5) is 22.0. The Bertz CT molecular complexity index is 460. The van der Waals surface area contributed by atoms with Crippen LogP contribution in [0.25, 0.3) is 0 Å². The van der Waals surface area contributed by atoms with Crippen molar-refractivity contribution in [3.05, 3.63) is 11.0 Å². The Labute approximate surface area is 108 Å². The number of amidine groups is 1. The molecule has 1 saturated heterocycles. The SMILES string of the molecule is O=C(O)/C=C1\SC(=NN=C2CCCCC2)NC1=O. The van der Waals surface area contributed by atoms with Crippen molar-refractivity contribution in [2.75, 3.05) is 0 Å². The Morgan fingerprint density at radius 2 is 2.00 bits per heavy atom. The fourth-order valence-corrected chi connectivity index (χ4v) is 2.50. The van der Waals surface area contributed by atoms with Gasteiger partial charge < -0.3 is 5.11 Å². The van der Waals surface area contributed by atoms with E-state index in [1.807, 2.05) is 0 Å². The third-order valence-corrected chi connectivity index (χ3v) is 3.52. The van der Waals surface area contributed by atoms with Gasteiger partial charge in [-0.15, -0.1) is 5.10 Å². The van der Waals surface area contributed by atoms with Gasteiger partial charge in [0.2, 0.25) is 0 Å². The zero-order chi connectivity index (χ0) is 13.0. The van der Waals surface area contributed by atoms with Gasteiger partial charge in [0, 0.05) is 11.8 Å². The molecule has 6 nitrogen and oxygen atoms in total. The van der Waals surface area contributed by atoms with Crippen LogP contribution in [0.5, 0.6) is 0 Å². The van der Waals surface area contributed by atoms with Gasteiger partial charge in [0.15, 0.2) is 5.17 Å². The van der Waals surface area contributed by atoms with Crippen molar-refractivity contribution in [1.82, 2.24) is 5.32 Å². The highest BCUT2D eigenvalue weighted by atomic mass is 32.2. The van der Waals surface area contributed by atoms with Crippen molar-refractivity contribution in [3.8, 4) is 0 Å². The quantitative estimate of drug-likeness (QED) is 0.586. The van der Waals surface area contributed by atoms with Crippen LogP contribution in [-0.2, 0) is 9.59 Å². The lowest BCUT2D eigenvalue weighted by Gasteiger charge is -2.09. The number of hydrogen-bond donors (Lipinski definition) is 2. The van der Waals surface area contributed by atoms with E-state index in [2.05, 4.69) is 15.5 Å². The molecule has 1 saturated carbocycles. The van der Waals surface area contributed by atoms with E-state index in [0.29, 0.717) is 5.17 Å². The van der Waals surface area contributed by atoms with Gasteiger partial charge in [-0.05, 0) is 37.4 Å². The Morgan fingerprint density at radius 1 is 1.28 bits per heavy atom. The number of thioether (sulfide) groups is 1. The average Bonchev–Trinajstić information content (AvgIpc) is 2.68. The largest absolute Gasteiger partial charge is 0.478 e. The third kappa shape index (κ3) is 3.43. The molecule has 0 aromatic rings. The van der Waals surface area contributed by atoms with E-state index < -0.39 is 11.9 Å². The molecule has 18 heavy (non-hydrogen) atoms. The van der Waals surface area contributed by atoms with Crippen molar-refractivity contribution < 1.29 is 14.7 Å². The lowest BCUT2D eigenvalue weighted by atomic mass is 9.99. The molecular formula is C11H13N3O3S. The molecule has 1 aliphatic carbocycles. The van der Waals surface area contributed by atoms with Gasteiger partial charge >= 0.3 is 5.97 Å². The summed E-state index contributed by atoms with van der Waals surface area (Å²) in [6.07, 6.45) is 6.27. The summed E-state index contributed by atoms with van der Waals surface area (Å²) in [7, 11) is 0. The summed E-state index contributed by atoms with van der Waals surface area (Å²) < 4.78 is 0. The molecule has 0 unspecified atom stereocenters. The maximum Gasteiger partial charge on any atom is 0.329 e. The smallest absolute Gasteiger partial charge is 0.329 e. The molecule has 7 heteroatoms. The number of amides is 1. The van der Waals surface area contributed by atoms with E-state index in [0.717, 1.165) is 49.2 Å². The molecule has 1 heterocycles. The minimum atomic E-state index is -1.15. The Kier molecular flexibility index (Phi) is 4.14. The Hall–Kier alpha value is -1.63. The first-order chi connectivity index (χ1) is 8.65. The topological polar surface area (TPSA) is 91.1 Å². The molecule has 0 atom stereocenters. The first-order valence-electron chi connectivity index (χ1n) is 5.72. The van der Waals surface area contributed by atoms with Crippen LogP contribution in [0.2, 0.25) is 0 Å². The summed E-state index contributed by atoms with van der Waals surface area (Å²) in [6, 6.07) is 0. The van der Waals surface area contributed by atoms with Crippen molar-refractivity contribution >= 4 is 34.5 Å². The van der Waals surface area contributed by atoms with Crippen LogP contribution in [0.4, 0.5) is 0 Å². The van der Waals surface area contributed by atoms with Crippen LogP contribution >= 0.6 is 11.8 Å². The number of nitrogens with zero attached hydrogens (tertiary/aromatic N) is 2. The van der Waals surface area contributed by atoms with Crippen LogP contribution in [0, 0.1) is 0 Å². The molecule has 0 aromatic heterocycles. The lowest BCUT2D eigenvalue weighted by molar-refractivity contribution is -0.131. The normalized spacial score (nSPS) is 24.4.